The molecule has 0 amide bonds. The number of ether oxygens (including phenoxy) is 1. The Morgan fingerprint density at radius 1 is 1.15 bits per heavy atom. The average molecular weight is 218 g/mol. The SMILES string of the molecule is F[B-](F)(F)/C=C1/CCCOCC1.[K+]. The second-order valence-electron chi connectivity index (χ2n) is 2.92. The summed E-state index contributed by atoms with van der Waals surface area (Å²) in [4.78, 5) is 0. The van der Waals surface area contributed by atoms with Crippen LogP contribution in [0.2, 0.25) is 0 Å². The molecule has 1 saturated heterocycles. The summed E-state index contributed by atoms with van der Waals surface area (Å²) in [6.45, 7) is -3.75. The summed E-state index contributed by atoms with van der Waals surface area (Å²) < 4.78 is 40.8. The molecule has 70 valence electrons. The normalized spacial score (nSPS) is 22.2. The Morgan fingerprint density at radius 3 is 2.46 bits per heavy atom. The van der Waals surface area contributed by atoms with Gasteiger partial charge in [0.25, 0.3) is 0 Å². The van der Waals surface area contributed by atoms with Crippen LogP contribution >= 0.6 is 0 Å². The molecule has 1 heterocycles. The minimum absolute atomic E-state index is 0. The molecule has 13 heavy (non-hydrogen) atoms. The van der Waals surface area contributed by atoms with Crippen LogP contribution in [0, 0.1) is 0 Å². The Kier molecular flexibility index (Phi) is 7.24. The van der Waals surface area contributed by atoms with Gasteiger partial charge in [0.05, 0.1) is 6.61 Å². The van der Waals surface area contributed by atoms with Crippen LogP contribution < -0.4 is 51.4 Å². The summed E-state index contributed by atoms with van der Waals surface area (Å²) in [5.74, 6) is 0.467. The third kappa shape index (κ3) is 7.16. The molecule has 0 aromatic carbocycles. The van der Waals surface area contributed by atoms with Gasteiger partial charge < -0.3 is 17.7 Å². The van der Waals surface area contributed by atoms with Crippen LogP contribution in [0.1, 0.15) is 19.3 Å². The van der Waals surface area contributed by atoms with Crippen LogP contribution in [0.5, 0.6) is 0 Å². The Morgan fingerprint density at radius 2 is 1.85 bits per heavy atom. The van der Waals surface area contributed by atoms with E-state index in [1.807, 2.05) is 0 Å². The molecule has 6 heteroatoms. The van der Waals surface area contributed by atoms with Gasteiger partial charge in [0.2, 0.25) is 0 Å². The summed E-state index contributed by atoms with van der Waals surface area (Å²) in [7, 11) is 0. The predicted molar refractivity (Wildman–Crippen MR) is 41.8 cm³/mol. The predicted octanol–water partition coefficient (Wildman–Crippen LogP) is -0.496. The van der Waals surface area contributed by atoms with Crippen LogP contribution in [-0.2, 0) is 4.74 Å². The van der Waals surface area contributed by atoms with Crippen molar-refractivity contribution in [3.63, 3.8) is 0 Å². The maximum atomic E-state index is 11.9. The molecule has 1 aliphatic heterocycles. The molecule has 1 aliphatic rings. The third-order valence-corrected chi connectivity index (χ3v) is 1.78. The van der Waals surface area contributed by atoms with E-state index in [2.05, 4.69) is 0 Å². The number of rotatable bonds is 1. The van der Waals surface area contributed by atoms with Gasteiger partial charge in [-0.2, -0.15) is 0 Å². The Hall–Kier alpha value is 1.19. The minimum atomic E-state index is -4.76. The second-order valence-corrected chi connectivity index (χ2v) is 2.92. The average Bonchev–Trinajstić information content (AvgIpc) is 2.12. The van der Waals surface area contributed by atoms with Crippen molar-refractivity contribution in [3.8, 4) is 0 Å². The maximum absolute atomic E-state index is 11.9. The van der Waals surface area contributed by atoms with Crippen molar-refractivity contribution in [1.29, 1.82) is 0 Å². The van der Waals surface area contributed by atoms with E-state index < -0.39 is 6.98 Å². The van der Waals surface area contributed by atoms with E-state index >= 15 is 0 Å². The monoisotopic (exact) mass is 218 g/mol. The summed E-state index contributed by atoms with van der Waals surface area (Å²) in [5, 5.41) is 0. The van der Waals surface area contributed by atoms with E-state index in [9.17, 15) is 12.9 Å². The molecule has 0 unspecified atom stereocenters. The fourth-order valence-electron chi connectivity index (χ4n) is 1.27. The minimum Gasteiger partial charge on any atom is -0.445 e. The van der Waals surface area contributed by atoms with Gasteiger partial charge in [-0.05, 0) is 19.3 Å². The molecule has 0 aromatic rings. The van der Waals surface area contributed by atoms with Gasteiger partial charge in [0.1, 0.15) is 0 Å². The van der Waals surface area contributed by atoms with E-state index in [4.69, 9.17) is 4.74 Å². The van der Waals surface area contributed by atoms with Crippen LogP contribution in [0.15, 0.2) is 11.5 Å². The zero-order chi connectivity index (χ0) is 9.03. The summed E-state index contributed by atoms with van der Waals surface area (Å²) >= 11 is 0. The molecular weight excluding hydrogens is 207 g/mol. The third-order valence-electron chi connectivity index (χ3n) is 1.78. The fourth-order valence-corrected chi connectivity index (χ4v) is 1.27. The van der Waals surface area contributed by atoms with Gasteiger partial charge in [-0.1, -0.05) is 0 Å². The molecule has 1 rings (SSSR count). The van der Waals surface area contributed by atoms with Crippen LogP contribution in [0.25, 0.3) is 0 Å². The molecule has 0 spiro atoms. The molecule has 0 radical (unpaired) electrons. The standard InChI is InChI=1S/C7H11BF3O.K/c9-8(10,11)6-7-2-1-4-12-5-3-7;/h6H,1-5H2;/q-1;+1/b7-6-;. The molecule has 1 nitrogen and oxygen atoms in total. The van der Waals surface area contributed by atoms with Gasteiger partial charge in [0, 0.05) is 6.61 Å². The van der Waals surface area contributed by atoms with Crippen molar-refractivity contribution in [2.24, 2.45) is 0 Å². The molecule has 0 saturated carbocycles. The van der Waals surface area contributed by atoms with Gasteiger partial charge in [-0.25, -0.2) is 0 Å². The number of hydrogen-bond donors (Lipinski definition) is 0. The van der Waals surface area contributed by atoms with Gasteiger partial charge in [-0.3, -0.25) is 0 Å². The molecule has 0 bridgehead atoms. The van der Waals surface area contributed by atoms with Crippen molar-refractivity contribution < 1.29 is 69.1 Å². The zero-order valence-corrected chi connectivity index (χ0v) is 10.9. The first-order chi connectivity index (χ1) is 5.58. The first-order valence-electron chi connectivity index (χ1n) is 4.06. The number of halogens is 3. The van der Waals surface area contributed by atoms with E-state index in [1.165, 1.54) is 0 Å². The largest absolute Gasteiger partial charge is 1.00 e. The van der Waals surface area contributed by atoms with Crippen molar-refractivity contribution in [2.75, 3.05) is 13.2 Å². The maximum Gasteiger partial charge on any atom is 1.00 e. The summed E-state index contributed by atoms with van der Waals surface area (Å²) in [6, 6.07) is 0. The van der Waals surface area contributed by atoms with Crippen LogP contribution in [-0.4, -0.2) is 20.2 Å². The molecule has 1 fully saturated rings. The first-order valence-corrected chi connectivity index (χ1v) is 4.06. The van der Waals surface area contributed by atoms with Gasteiger partial charge >= 0.3 is 58.4 Å². The van der Waals surface area contributed by atoms with E-state index in [-0.39, 0.29) is 51.4 Å². The summed E-state index contributed by atoms with van der Waals surface area (Å²) in [6.07, 6.45) is 1.67. The van der Waals surface area contributed by atoms with Gasteiger partial charge in [-0.15, -0.1) is 11.5 Å². The topological polar surface area (TPSA) is 9.23 Å². The van der Waals surface area contributed by atoms with Crippen molar-refractivity contribution >= 4 is 6.98 Å². The zero-order valence-electron chi connectivity index (χ0n) is 7.73. The van der Waals surface area contributed by atoms with Crippen LogP contribution in [0.4, 0.5) is 12.9 Å². The van der Waals surface area contributed by atoms with E-state index in [0.29, 0.717) is 44.0 Å². The first kappa shape index (κ1) is 14.2. The fraction of sp³-hybridized carbons (Fsp3) is 0.714. The molecule has 0 aliphatic carbocycles. The smallest absolute Gasteiger partial charge is 0.445 e. The second kappa shape index (κ2) is 6.63. The molecule has 0 N–H and O–H groups in total. The number of hydrogen-bond acceptors (Lipinski definition) is 1. The Bertz CT molecular complexity index is 171. The quantitative estimate of drug-likeness (QED) is 0.539. The van der Waals surface area contributed by atoms with Crippen LogP contribution in [0.3, 0.4) is 0 Å². The van der Waals surface area contributed by atoms with E-state index in [1.54, 1.807) is 0 Å². The van der Waals surface area contributed by atoms with E-state index in [0.717, 1.165) is 0 Å². The van der Waals surface area contributed by atoms with Gasteiger partial charge in [0.15, 0.2) is 0 Å². The van der Waals surface area contributed by atoms with Crippen molar-refractivity contribution in [1.82, 2.24) is 0 Å². The van der Waals surface area contributed by atoms with Crippen molar-refractivity contribution in [2.45, 2.75) is 19.3 Å². The Balaban J connectivity index is 0.00000144. The molecule has 0 atom stereocenters. The van der Waals surface area contributed by atoms with Crippen molar-refractivity contribution in [3.05, 3.63) is 11.5 Å². The molecular formula is C7H11BF3KO. The molecule has 0 aromatic heterocycles. The summed E-state index contributed by atoms with van der Waals surface area (Å²) in [5.41, 5.74) is 0.486. The Labute approximate surface area is 119 Å².